The lowest BCUT2D eigenvalue weighted by atomic mass is 9.88. The standard InChI is InChI=1S/C32H30NO/c1-20-10-14-25-26-15-13-23-12-11-22-8-6-7-9-24(22)29(23)31(26)34-30(25)28(20)27-18-21(16-17-33(27)5)19-32(2,3)4/h6-18H,19H2,1-5H3/q+1/i19D2. The predicted molar refractivity (Wildman–Crippen MR) is 143 cm³/mol. The summed E-state index contributed by atoms with van der Waals surface area (Å²) in [5.74, 6) is 0. The van der Waals surface area contributed by atoms with Gasteiger partial charge in [0.1, 0.15) is 18.2 Å². The SMILES string of the molecule is [2H]C([2H])(c1cc[n+](C)c(-c2c(C)ccc3c2oc2c3ccc3ccc4ccccc4c32)c1)C(C)(C)C. The second-order valence-electron chi connectivity index (χ2n) is 10.3. The first-order valence-electron chi connectivity index (χ1n) is 12.8. The monoisotopic (exact) mass is 446 g/mol. The Balaban J connectivity index is 1.71. The van der Waals surface area contributed by atoms with Gasteiger partial charge in [0.05, 0.1) is 5.56 Å². The molecule has 0 spiro atoms. The molecule has 0 saturated carbocycles. The molecule has 2 nitrogen and oxygen atoms in total. The van der Waals surface area contributed by atoms with Crippen LogP contribution >= 0.6 is 0 Å². The van der Waals surface area contributed by atoms with Crippen molar-refractivity contribution < 1.29 is 11.7 Å². The largest absolute Gasteiger partial charge is 0.454 e. The number of fused-ring (bicyclic) bond motifs is 7. The van der Waals surface area contributed by atoms with E-state index in [1.165, 1.54) is 10.8 Å². The third-order valence-corrected chi connectivity index (χ3v) is 6.65. The zero-order chi connectivity index (χ0) is 25.4. The second kappa shape index (κ2) is 7.43. The summed E-state index contributed by atoms with van der Waals surface area (Å²) in [4.78, 5) is 0. The Kier molecular flexibility index (Phi) is 4.09. The minimum absolute atomic E-state index is 0.537. The van der Waals surface area contributed by atoms with Gasteiger partial charge >= 0.3 is 0 Å². The molecule has 0 atom stereocenters. The number of nitrogens with zero attached hydrogens (tertiary/aromatic N) is 1. The van der Waals surface area contributed by atoms with E-state index in [4.69, 9.17) is 7.16 Å². The number of benzene rings is 4. The van der Waals surface area contributed by atoms with Crippen LogP contribution in [-0.2, 0) is 13.4 Å². The lowest BCUT2D eigenvalue weighted by Gasteiger charge is -2.18. The minimum atomic E-state index is -1.49. The molecule has 4 aromatic carbocycles. The van der Waals surface area contributed by atoms with Crippen molar-refractivity contribution >= 4 is 43.5 Å². The Bertz CT molecular complexity index is 1820. The third-order valence-electron chi connectivity index (χ3n) is 6.65. The van der Waals surface area contributed by atoms with Gasteiger partial charge in [-0.3, -0.25) is 0 Å². The van der Waals surface area contributed by atoms with E-state index in [1.807, 2.05) is 46.1 Å². The average Bonchev–Trinajstić information content (AvgIpc) is 3.22. The van der Waals surface area contributed by atoms with E-state index in [0.29, 0.717) is 5.56 Å². The Morgan fingerprint density at radius 3 is 2.35 bits per heavy atom. The summed E-state index contributed by atoms with van der Waals surface area (Å²) in [6, 6.07) is 25.3. The van der Waals surface area contributed by atoms with Gasteiger partial charge in [-0.15, -0.1) is 0 Å². The number of pyridine rings is 1. The Morgan fingerprint density at radius 2 is 1.53 bits per heavy atom. The van der Waals surface area contributed by atoms with Crippen LogP contribution in [0.5, 0.6) is 0 Å². The van der Waals surface area contributed by atoms with Crippen molar-refractivity contribution in [2.75, 3.05) is 0 Å². The second-order valence-corrected chi connectivity index (χ2v) is 10.3. The first-order valence-corrected chi connectivity index (χ1v) is 11.8. The first kappa shape index (κ1) is 18.7. The fraction of sp³-hybridized carbons (Fsp3) is 0.219. The zero-order valence-electron chi connectivity index (χ0n) is 22.4. The Morgan fingerprint density at radius 1 is 0.824 bits per heavy atom. The van der Waals surface area contributed by atoms with Crippen molar-refractivity contribution in [2.24, 2.45) is 12.5 Å². The summed E-state index contributed by atoms with van der Waals surface area (Å²) in [7, 11) is 2.01. The molecule has 0 unspecified atom stereocenters. The number of hydrogen-bond acceptors (Lipinski definition) is 1. The number of aromatic nitrogens is 1. The van der Waals surface area contributed by atoms with Gasteiger partial charge in [-0.05, 0) is 52.1 Å². The third kappa shape index (κ3) is 3.28. The van der Waals surface area contributed by atoms with E-state index in [1.54, 1.807) is 0 Å². The molecule has 0 N–H and O–H groups in total. The Hall–Kier alpha value is -3.65. The summed E-state index contributed by atoms with van der Waals surface area (Å²) < 4.78 is 26.5. The van der Waals surface area contributed by atoms with Crippen LogP contribution in [0.3, 0.4) is 0 Å². The molecule has 0 bridgehead atoms. The predicted octanol–water partition coefficient (Wildman–Crippen LogP) is 8.28. The molecule has 0 fully saturated rings. The van der Waals surface area contributed by atoms with Crippen LogP contribution in [0, 0.1) is 12.3 Å². The quantitative estimate of drug-likeness (QED) is 0.193. The van der Waals surface area contributed by atoms with Gasteiger partial charge in [-0.2, -0.15) is 0 Å². The maximum absolute atomic E-state index is 8.85. The molecule has 0 saturated heterocycles. The zero-order valence-corrected chi connectivity index (χ0v) is 20.4. The fourth-order valence-electron chi connectivity index (χ4n) is 5.13. The molecular formula is C32H30NO+. The van der Waals surface area contributed by atoms with Crippen molar-refractivity contribution in [1.29, 1.82) is 0 Å². The number of rotatable bonds is 2. The molecule has 2 heterocycles. The highest BCUT2D eigenvalue weighted by Gasteiger charge is 2.23. The molecule has 168 valence electrons. The van der Waals surface area contributed by atoms with Crippen LogP contribution in [0.15, 0.2) is 83.4 Å². The molecule has 34 heavy (non-hydrogen) atoms. The van der Waals surface area contributed by atoms with Gasteiger partial charge in [-0.25, -0.2) is 4.57 Å². The number of furan rings is 1. The summed E-state index contributed by atoms with van der Waals surface area (Å²) in [6.45, 7) is 7.93. The molecular weight excluding hydrogens is 414 g/mol. The first-order chi connectivity index (χ1) is 17.1. The molecule has 2 aromatic heterocycles. The summed E-state index contributed by atoms with van der Waals surface area (Å²) in [5, 5.41) is 6.84. The van der Waals surface area contributed by atoms with Gasteiger partial charge in [0.2, 0.25) is 5.69 Å². The van der Waals surface area contributed by atoms with E-state index in [-0.39, 0.29) is 0 Å². The van der Waals surface area contributed by atoms with Crippen LogP contribution in [0.4, 0.5) is 0 Å². The highest BCUT2D eigenvalue weighted by molar-refractivity contribution is 6.23. The average molecular weight is 447 g/mol. The number of aryl methyl sites for hydroxylation is 2. The molecule has 6 rings (SSSR count). The summed E-state index contributed by atoms with van der Waals surface area (Å²) in [6.07, 6.45) is 0.471. The topological polar surface area (TPSA) is 17.0 Å². The fourth-order valence-corrected chi connectivity index (χ4v) is 5.13. The molecule has 0 radical (unpaired) electrons. The van der Waals surface area contributed by atoms with Gasteiger partial charge in [-0.1, -0.05) is 75.4 Å². The minimum Gasteiger partial charge on any atom is -0.454 e. The molecule has 0 aliphatic carbocycles. The lowest BCUT2D eigenvalue weighted by Crippen LogP contribution is -2.31. The van der Waals surface area contributed by atoms with Crippen molar-refractivity contribution in [3.05, 3.63) is 90.1 Å². The van der Waals surface area contributed by atoms with Crippen LogP contribution in [0.1, 0.15) is 34.6 Å². The van der Waals surface area contributed by atoms with Crippen LogP contribution in [0.25, 0.3) is 54.7 Å². The van der Waals surface area contributed by atoms with Crippen molar-refractivity contribution in [3.63, 3.8) is 0 Å². The van der Waals surface area contributed by atoms with Crippen LogP contribution in [0.2, 0.25) is 0 Å². The summed E-state index contributed by atoms with van der Waals surface area (Å²) in [5.41, 5.74) is 4.92. The smallest absolute Gasteiger partial charge is 0.216 e. The highest BCUT2D eigenvalue weighted by Crippen LogP contribution is 2.41. The van der Waals surface area contributed by atoms with E-state index in [0.717, 1.165) is 49.5 Å². The van der Waals surface area contributed by atoms with Gasteiger partial charge < -0.3 is 4.42 Å². The lowest BCUT2D eigenvalue weighted by molar-refractivity contribution is -0.660. The van der Waals surface area contributed by atoms with Crippen molar-refractivity contribution in [3.8, 4) is 11.3 Å². The van der Waals surface area contributed by atoms with E-state index in [9.17, 15) is 0 Å². The normalized spacial score (nSPS) is 13.7. The maximum atomic E-state index is 8.85. The maximum Gasteiger partial charge on any atom is 0.216 e. The van der Waals surface area contributed by atoms with E-state index < -0.39 is 11.8 Å². The van der Waals surface area contributed by atoms with Crippen molar-refractivity contribution in [2.45, 2.75) is 34.1 Å². The van der Waals surface area contributed by atoms with Gasteiger partial charge in [0.15, 0.2) is 6.20 Å². The molecule has 0 aliphatic rings. The van der Waals surface area contributed by atoms with Crippen LogP contribution in [-0.4, -0.2) is 0 Å². The molecule has 2 heteroatoms. The number of hydrogen-bond donors (Lipinski definition) is 0. The molecule has 6 aromatic rings. The highest BCUT2D eigenvalue weighted by atomic mass is 16.3. The van der Waals surface area contributed by atoms with Crippen molar-refractivity contribution in [1.82, 2.24) is 0 Å². The molecule has 0 aliphatic heterocycles. The van der Waals surface area contributed by atoms with E-state index >= 15 is 0 Å². The van der Waals surface area contributed by atoms with Crippen LogP contribution < -0.4 is 4.57 Å². The van der Waals surface area contributed by atoms with Gasteiger partial charge in [0.25, 0.3) is 0 Å². The van der Waals surface area contributed by atoms with Gasteiger partial charge in [0, 0.05) is 31.0 Å². The summed E-state index contributed by atoms with van der Waals surface area (Å²) >= 11 is 0. The molecule has 0 amide bonds. The van der Waals surface area contributed by atoms with E-state index in [2.05, 4.69) is 72.2 Å². The Labute approximate surface area is 203 Å².